The first-order valence-electron chi connectivity index (χ1n) is 7.12. The zero-order valence-electron chi connectivity index (χ0n) is 13.1. The van der Waals surface area contributed by atoms with E-state index in [-0.39, 0.29) is 5.54 Å². The smallest absolute Gasteiger partial charge is 0.131 e. The highest BCUT2D eigenvalue weighted by Crippen LogP contribution is 2.25. The van der Waals surface area contributed by atoms with E-state index in [1.807, 2.05) is 36.4 Å². The van der Waals surface area contributed by atoms with E-state index >= 15 is 0 Å². The summed E-state index contributed by atoms with van der Waals surface area (Å²) in [5, 5.41) is 3.47. The molecular weight excluding hydrogens is 262 g/mol. The van der Waals surface area contributed by atoms with Crippen molar-refractivity contribution >= 4 is 0 Å². The molecule has 0 aliphatic heterocycles. The first kappa shape index (κ1) is 15.4. The summed E-state index contributed by atoms with van der Waals surface area (Å²) in [6, 6.07) is 15.7. The van der Waals surface area contributed by atoms with E-state index in [0.717, 1.165) is 23.8 Å². The van der Waals surface area contributed by atoms with Gasteiger partial charge in [0.05, 0.1) is 7.11 Å². The van der Waals surface area contributed by atoms with Gasteiger partial charge >= 0.3 is 0 Å². The van der Waals surface area contributed by atoms with Crippen LogP contribution in [0.3, 0.4) is 0 Å². The van der Waals surface area contributed by atoms with Crippen molar-refractivity contribution in [2.45, 2.75) is 32.9 Å². The fourth-order valence-electron chi connectivity index (χ4n) is 1.84. The number of hydrogen-bond acceptors (Lipinski definition) is 3. The van der Waals surface area contributed by atoms with Crippen molar-refractivity contribution in [3.05, 3.63) is 54.1 Å². The molecule has 0 fully saturated rings. The molecule has 0 saturated carbocycles. The molecule has 0 saturated heterocycles. The highest BCUT2D eigenvalue weighted by atomic mass is 16.5. The summed E-state index contributed by atoms with van der Waals surface area (Å²) in [6.07, 6.45) is 0. The van der Waals surface area contributed by atoms with E-state index in [2.05, 4.69) is 38.2 Å². The van der Waals surface area contributed by atoms with Crippen LogP contribution in [0, 0.1) is 0 Å². The van der Waals surface area contributed by atoms with E-state index in [9.17, 15) is 0 Å². The highest BCUT2D eigenvalue weighted by Gasteiger charge is 2.08. The Bertz CT molecular complexity index is 571. The Hall–Kier alpha value is -2.00. The number of hydrogen-bond donors (Lipinski definition) is 1. The molecule has 0 aliphatic carbocycles. The summed E-state index contributed by atoms with van der Waals surface area (Å²) in [4.78, 5) is 0. The van der Waals surface area contributed by atoms with Crippen molar-refractivity contribution in [2.75, 3.05) is 7.11 Å². The van der Waals surface area contributed by atoms with Crippen LogP contribution in [0.2, 0.25) is 0 Å². The van der Waals surface area contributed by atoms with Crippen LogP contribution in [0.5, 0.6) is 17.2 Å². The van der Waals surface area contributed by atoms with Crippen molar-refractivity contribution in [1.82, 2.24) is 5.32 Å². The van der Waals surface area contributed by atoms with Crippen molar-refractivity contribution in [2.24, 2.45) is 0 Å². The molecule has 0 spiro atoms. The predicted molar refractivity (Wildman–Crippen MR) is 86.1 cm³/mol. The first-order valence-corrected chi connectivity index (χ1v) is 7.12. The molecule has 3 nitrogen and oxygen atoms in total. The monoisotopic (exact) mass is 285 g/mol. The molecule has 0 aromatic heterocycles. The van der Waals surface area contributed by atoms with Gasteiger partial charge < -0.3 is 14.8 Å². The molecule has 0 atom stereocenters. The van der Waals surface area contributed by atoms with Gasteiger partial charge in [-0.15, -0.1) is 0 Å². The first-order chi connectivity index (χ1) is 9.96. The molecule has 0 aliphatic rings. The lowest BCUT2D eigenvalue weighted by atomic mass is 10.1. The average Bonchev–Trinajstić information content (AvgIpc) is 2.46. The molecule has 112 valence electrons. The fourth-order valence-corrected chi connectivity index (χ4v) is 1.84. The van der Waals surface area contributed by atoms with Gasteiger partial charge in [0, 0.05) is 18.2 Å². The summed E-state index contributed by atoms with van der Waals surface area (Å²) < 4.78 is 11.0. The number of methoxy groups -OCH3 is 1. The quantitative estimate of drug-likeness (QED) is 0.884. The summed E-state index contributed by atoms with van der Waals surface area (Å²) in [5.41, 5.74) is 1.36. The molecule has 0 amide bonds. The lowest BCUT2D eigenvalue weighted by Gasteiger charge is -2.20. The summed E-state index contributed by atoms with van der Waals surface area (Å²) >= 11 is 0. The SMILES string of the molecule is COc1cccc(Oc2ccc(CNC(C)(C)C)cc2)c1. The molecule has 3 heteroatoms. The second-order valence-corrected chi connectivity index (χ2v) is 6.03. The maximum Gasteiger partial charge on any atom is 0.131 e. The third-order valence-corrected chi connectivity index (χ3v) is 3.02. The van der Waals surface area contributed by atoms with Gasteiger partial charge in [-0.05, 0) is 50.6 Å². The van der Waals surface area contributed by atoms with Gasteiger partial charge in [-0.2, -0.15) is 0 Å². The standard InChI is InChI=1S/C18H23NO2/c1-18(2,3)19-13-14-8-10-15(11-9-14)21-17-7-5-6-16(12-17)20-4/h5-12,19H,13H2,1-4H3. The van der Waals surface area contributed by atoms with Gasteiger partial charge in [0.1, 0.15) is 17.2 Å². The summed E-state index contributed by atoms with van der Waals surface area (Å²) in [7, 11) is 1.65. The van der Waals surface area contributed by atoms with E-state index in [1.165, 1.54) is 5.56 Å². The van der Waals surface area contributed by atoms with Gasteiger partial charge in [0.25, 0.3) is 0 Å². The lowest BCUT2D eigenvalue weighted by molar-refractivity contribution is 0.409. The van der Waals surface area contributed by atoms with Crippen molar-refractivity contribution in [3.63, 3.8) is 0 Å². The molecule has 21 heavy (non-hydrogen) atoms. The minimum atomic E-state index is 0.121. The zero-order valence-corrected chi connectivity index (χ0v) is 13.1. The molecule has 1 N–H and O–H groups in total. The van der Waals surface area contributed by atoms with Crippen LogP contribution in [0.25, 0.3) is 0 Å². The molecule has 0 bridgehead atoms. The van der Waals surface area contributed by atoms with Crippen molar-refractivity contribution in [3.8, 4) is 17.2 Å². The third kappa shape index (κ3) is 5.12. The maximum atomic E-state index is 5.82. The van der Waals surface area contributed by atoms with Crippen LogP contribution >= 0.6 is 0 Å². The lowest BCUT2D eigenvalue weighted by Crippen LogP contribution is -2.34. The zero-order chi connectivity index (χ0) is 15.3. The maximum absolute atomic E-state index is 5.82. The Labute approximate surface area is 126 Å². The van der Waals surface area contributed by atoms with Gasteiger partial charge in [0.2, 0.25) is 0 Å². The van der Waals surface area contributed by atoms with E-state index in [0.29, 0.717) is 0 Å². The topological polar surface area (TPSA) is 30.5 Å². The highest BCUT2D eigenvalue weighted by molar-refractivity contribution is 5.37. The van der Waals surface area contributed by atoms with Crippen LogP contribution in [-0.2, 0) is 6.54 Å². The molecular formula is C18H23NO2. The molecule has 2 aromatic rings. The minimum absolute atomic E-state index is 0.121. The van der Waals surface area contributed by atoms with E-state index in [1.54, 1.807) is 7.11 Å². The average molecular weight is 285 g/mol. The van der Waals surface area contributed by atoms with Crippen LogP contribution in [0.1, 0.15) is 26.3 Å². The van der Waals surface area contributed by atoms with Gasteiger partial charge in [-0.25, -0.2) is 0 Å². The largest absolute Gasteiger partial charge is 0.497 e. The van der Waals surface area contributed by atoms with Crippen LogP contribution in [0.4, 0.5) is 0 Å². The van der Waals surface area contributed by atoms with Gasteiger partial charge in [-0.1, -0.05) is 18.2 Å². The minimum Gasteiger partial charge on any atom is -0.497 e. The number of rotatable bonds is 5. The third-order valence-electron chi connectivity index (χ3n) is 3.02. The normalized spacial score (nSPS) is 11.2. The van der Waals surface area contributed by atoms with Crippen molar-refractivity contribution < 1.29 is 9.47 Å². The molecule has 2 rings (SSSR count). The number of ether oxygens (including phenoxy) is 2. The van der Waals surface area contributed by atoms with E-state index in [4.69, 9.17) is 9.47 Å². The number of benzene rings is 2. The molecule has 0 radical (unpaired) electrons. The fraction of sp³-hybridized carbons (Fsp3) is 0.333. The van der Waals surface area contributed by atoms with Gasteiger partial charge in [0.15, 0.2) is 0 Å². The van der Waals surface area contributed by atoms with Gasteiger partial charge in [-0.3, -0.25) is 0 Å². The van der Waals surface area contributed by atoms with Crippen LogP contribution < -0.4 is 14.8 Å². The van der Waals surface area contributed by atoms with Crippen LogP contribution in [-0.4, -0.2) is 12.6 Å². The van der Waals surface area contributed by atoms with Crippen molar-refractivity contribution in [1.29, 1.82) is 0 Å². The molecule has 0 unspecified atom stereocenters. The number of nitrogens with one attached hydrogen (secondary N) is 1. The Morgan fingerprint density at radius 2 is 1.57 bits per heavy atom. The molecule has 0 heterocycles. The summed E-state index contributed by atoms with van der Waals surface area (Å²) in [6.45, 7) is 7.33. The Kier molecular flexibility index (Phi) is 4.86. The predicted octanol–water partition coefficient (Wildman–Crippen LogP) is 4.38. The van der Waals surface area contributed by atoms with E-state index < -0.39 is 0 Å². The molecule has 2 aromatic carbocycles. The summed E-state index contributed by atoms with van der Waals surface area (Å²) in [5.74, 6) is 2.39. The van der Waals surface area contributed by atoms with Crippen LogP contribution in [0.15, 0.2) is 48.5 Å². The Balaban J connectivity index is 1.98. The second-order valence-electron chi connectivity index (χ2n) is 6.03. The Morgan fingerprint density at radius 1 is 0.905 bits per heavy atom. The Morgan fingerprint density at radius 3 is 2.19 bits per heavy atom. The second kappa shape index (κ2) is 6.64.